The van der Waals surface area contributed by atoms with E-state index in [0.29, 0.717) is 0 Å². The zero-order valence-corrected chi connectivity index (χ0v) is 30.3. The minimum absolute atomic E-state index is 0.500. The summed E-state index contributed by atoms with van der Waals surface area (Å²) in [7, 11) is 0. The first-order valence-electron chi connectivity index (χ1n) is 19.1. The highest BCUT2D eigenvalue weighted by atomic mass is 16.3. The molecule has 0 atom stereocenters. The second-order valence-electron chi connectivity index (χ2n) is 14.9. The third kappa shape index (κ3) is 4.34. The van der Waals surface area contributed by atoms with E-state index in [1.54, 1.807) is 6.20 Å². The van der Waals surface area contributed by atoms with E-state index in [2.05, 4.69) is 174 Å². The zero-order valence-electron chi connectivity index (χ0n) is 30.3. The largest absolute Gasteiger partial charge is 0.455 e. The van der Waals surface area contributed by atoms with E-state index < -0.39 is 5.41 Å². The van der Waals surface area contributed by atoms with Crippen LogP contribution in [0.1, 0.15) is 22.3 Å². The Kier molecular flexibility index (Phi) is 6.55. The van der Waals surface area contributed by atoms with Gasteiger partial charge >= 0.3 is 0 Å². The molecule has 0 fully saturated rings. The van der Waals surface area contributed by atoms with Crippen LogP contribution in [0.5, 0.6) is 0 Å². The van der Waals surface area contributed by atoms with Gasteiger partial charge in [0.15, 0.2) is 0 Å². The Balaban J connectivity index is 1.06. The Hall–Kier alpha value is -7.36. The van der Waals surface area contributed by atoms with Gasteiger partial charge in [-0.05, 0) is 108 Å². The molecule has 0 saturated heterocycles. The first-order chi connectivity index (χ1) is 27.8. The van der Waals surface area contributed by atoms with Crippen LogP contribution in [0.15, 0.2) is 199 Å². The van der Waals surface area contributed by atoms with Crippen molar-refractivity contribution in [3.63, 3.8) is 0 Å². The lowest BCUT2D eigenvalue weighted by atomic mass is 9.69. The Morgan fingerprint density at radius 1 is 0.339 bits per heavy atom. The van der Waals surface area contributed by atoms with Crippen molar-refractivity contribution in [1.82, 2.24) is 9.97 Å². The van der Waals surface area contributed by atoms with Gasteiger partial charge in [-0.25, -0.2) is 0 Å². The molecule has 2 aliphatic rings. The average Bonchev–Trinajstić information content (AvgIpc) is 3.90. The van der Waals surface area contributed by atoms with Crippen molar-refractivity contribution >= 4 is 21.9 Å². The molecule has 0 unspecified atom stereocenters. The van der Waals surface area contributed by atoms with Crippen LogP contribution in [0.4, 0.5) is 0 Å². The Labute approximate surface area is 324 Å². The summed E-state index contributed by atoms with van der Waals surface area (Å²) in [6, 6.07) is 62.6. The SMILES string of the molecule is c1ccc(-c2ccc3c(c2)C2(c4ccccc4-c4ccc(-c5ccc(-c6cncc7c6oc6ccncc67)cc5)cc42)c2cc(-c4ccccc4)ccc2-3)cc1. The molecule has 0 bridgehead atoms. The smallest absolute Gasteiger partial charge is 0.146 e. The molecule has 2 aliphatic carbocycles. The number of fused-ring (bicyclic) bond motifs is 13. The quantitative estimate of drug-likeness (QED) is 0.182. The molecule has 0 aliphatic heterocycles. The average molecular weight is 713 g/mol. The predicted molar refractivity (Wildman–Crippen MR) is 227 cm³/mol. The molecule has 3 heterocycles. The summed E-state index contributed by atoms with van der Waals surface area (Å²) in [6.07, 6.45) is 7.37. The molecule has 0 saturated carbocycles. The molecular weight excluding hydrogens is 681 g/mol. The van der Waals surface area contributed by atoms with Crippen molar-refractivity contribution in [3.05, 3.63) is 217 Å². The number of nitrogens with zero attached hydrogens (tertiary/aromatic N) is 2. The van der Waals surface area contributed by atoms with Crippen LogP contribution < -0.4 is 0 Å². The highest BCUT2D eigenvalue weighted by Crippen LogP contribution is 2.64. The van der Waals surface area contributed by atoms with E-state index in [-0.39, 0.29) is 0 Å². The molecule has 1 spiro atoms. The maximum Gasteiger partial charge on any atom is 0.146 e. The van der Waals surface area contributed by atoms with Crippen molar-refractivity contribution in [2.45, 2.75) is 5.41 Å². The summed E-state index contributed by atoms with van der Waals surface area (Å²) in [6.45, 7) is 0. The van der Waals surface area contributed by atoms with Gasteiger partial charge in [-0.3, -0.25) is 9.97 Å². The predicted octanol–water partition coefficient (Wildman–Crippen LogP) is 13.4. The highest BCUT2D eigenvalue weighted by Gasteiger charge is 2.52. The molecule has 12 rings (SSSR count). The standard InChI is InChI=1S/C53H32N2O/c1-3-9-33(10-4-1)37-19-23-42-43-24-20-38(34-11-5-2-6-12-34)28-50(43)53(49(42)27-37)47-14-8-7-13-40(47)41-22-21-39(29-48(41)53)35-15-17-36(18-16-35)44-30-55-32-46-45-31-54-26-25-51(45)56-52(44)46/h1-32H. The van der Waals surface area contributed by atoms with E-state index in [4.69, 9.17) is 4.42 Å². The molecule has 10 aromatic rings. The van der Waals surface area contributed by atoms with Gasteiger partial charge in [0.2, 0.25) is 0 Å². The minimum atomic E-state index is -0.500. The summed E-state index contributed by atoms with van der Waals surface area (Å²) in [5.41, 5.74) is 20.9. The molecule has 3 aromatic heterocycles. The van der Waals surface area contributed by atoms with Crippen LogP contribution in [0.3, 0.4) is 0 Å². The van der Waals surface area contributed by atoms with Gasteiger partial charge in [0.25, 0.3) is 0 Å². The molecular formula is C53H32N2O. The highest BCUT2D eigenvalue weighted by molar-refractivity contribution is 6.08. The van der Waals surface area contributed by atoms with Crippen molar-refractivity contribution in [2.75, 3.05) is 0 Å². The second-order valence-corrected chi connectivity index (χ2v) is 14.9. The maximum atomic E-state index is 6.34. The van der Waals surface area contributed by atoms with Crippen LogP contribution in [-0.2, 0) is 5.41 Å². The number of furan rings is 1. The summed E-state index contributed by atoms with van der Waals surface area (Å²) in [4.78, 5) is 8.91. The monoisotopic (exact) mass is 712 g/mol. The van der Waals surface area contributed by atoms with Crippen LogP contribution in [0.25, 0.3) is 88.7 Å². The van der Waals surface area contributed by atoms with Gasteiger partial charge in [-0.2, -0.15) is 0 Å². The van der Waals surface area contributed by atoms with E-state index in [1.807, 2.05) is 24.7 Å². The number of rotatable bonds is 4. The number of benzene rings is 7. The Morgan fingerprint density at radius 2 is 0.821 bits per heavy atom. The summed E-state index contributed by atoms with van der Waals surface area (Å²) < 4.78 is 6.34. The fourth-order valence-corrected chi connectivity index (χ4v) is 9.56. The van der Waals surface area contributed by atoms with Gasteiger partial charge in [0, 0.05) is 41.1 Å². The third-order valence-corrected chi connectivity index (χ3v) is 12.1. The molecule has 3 nitrogen and oxygen atoms in total. The molecule has 7 aromatic carbocycles. The van der Waals surface area contributed by atoms with Crippen LogP contribution in [0.2, 0.25) is 0 Å². The zero-order chi connectivity index (χ0) is 36.8. The van der Waals surface area contributed by atoms with Crippen molar-refractivity contribution < 1.29 is 4.42 Å². The minimum Gasteiger partial charge on any atom is -0.455 e. The van der Waals surface area contributed by atoms with E-state index >= 15 is 0 Å². The summed E-state index contributed by atoms with van der Waals surface area (Å²) in [5.74, 6) is 0. The fraction of sp³-hybridized carbons (Fsp3) is 0.0189. The summed E-state index contributed by atoms with van der Waals surface area (Å²) >= 11 is 0. The van der Waals surface area contributed by atoms with Crippen molar-refractivity contribution in [3.8, 4) is 66.8 Å². The Morgan fingerprint density at radius 3 is 1.43 bits per heavy atom. The molecule has 0 radical (unpaired) electrons. The van der Waals surface area contributed by atoms with E-state index in [9.17, 15) is 0 Å². The van der Waals surface area contributed by atoms with Crippen molar-refractivity contribution in [1.29, 1.82) is 0 Å². The van der Waals surface area contributed by atoms with Crippen LogP contribution in [-0.4, -0.2) is 9.97 Å². The number of hydrogen-bond acceptors (Lipinski definition) is 3. The fourth-order valence-electron chi connectivity index (χ4n) is 9.56. The number of pyridine rings is 2. The second kappa shape index (κ2) is 11.8. The maximum absolute atomic E-state index is 6.34. The van der Waals surface area contributed by atoms with E-state index in [1.165, 1.54) is 72.3 Å². The van der Waals surface area contributed by atoms with Gasteiger partial charge in [0.1, 0.15) is 11.2 Å². The van der Waals surface area contributed by atoms with Crippen LogP contribution in [0, 0.1) is 0 Å². The van der Waals surface area contributed by atoms with Gasteiger partial charge in [-0.1, -0.05) is 146 Å². The van der Waals surface area contributed by atoms with Gasteiger partial charge in [-0.15, -0.1) is 0 Å². The molecule has 0 amide bonds. The van der Waals surface area contributed by atoms with Crippen molar-refractivity contribution in [2.24, 2.45) is 0 Å². The first-order valence-corrected chi connectivity index (χ1v) is 19.1. The Bertz CT molecular complexity index is 3090. The topological polar surface area (TPSA) is 38.9 Å². The van der Waals surface area contributed by atoms with Crippen LogP contribution >= 0.6 is 0 Å². The van der Waals surface area contributed by atoms with E-state index in [0.717, 1.165) is 38.6 Å². The first kappa shape index (κ1) is 31.0. The molecule has 0 N–H and O–H groups in total. The molecule has 56 heavy (non-hydrogen) atoms. The molecule has 3 heteroatoms. The lowest BCUT2D eigenvalue weighted by Crippen LogP contribution is -2.26. The third-order valence-electron chi connectivity index (χ3n) is 12.1. The lowest BCUT2D eigenvalue weighted by Gasteiger charge is -2.31. The molecule has 260 valence electrons. The number of aromatic nitrogens is 2. The number of hydrogen-bond donors (Lipinski definition) is 0. The van der Waals surface area contributed by atoms with Gasteiger partial charge < -0.3 is 4.42 Å². The summed E-state index contributed by atoms with van der Waals surface area (Å²) in [5, 5.41) is 1.95. The normalized spacial score (nSPS) is 13.1. The van der Waals surface area contributed by atoms with Gasteiger partial charge in [0.05, 0.1) is 5.41 Å². The lowest BCUT2D eigenvalue weighted by molar-refractivity contribution is 0.669.